The lowest BCUT2D eigenvalue weighted by atomic mass is 9.97. The van der Waals surface area contributed by atoms with Gasteiger partial charge < -0.3 is 14.6 Å². The molecule has 2 N–H and O–H groups in total. The van der Waals surface area contributed by atoms with Crippen molar-refractivity contribution >= 4 is 26.9 Å². The van der Waals surface area contributed by atoms with E-state index in [1.54, 1.807) is 16.9 Å². The minimum atomic E-state index is -3.81. The van der Waals surface area contributed by atoms with Gasteiger partial charge in [0.05, 0.1) is 23.3 Å². The van der Waals surface area contributed by atoms with Crippen LogP contribution in [0.4, 0.5) is 13.2 Å². The second-order valence-corrected chi connectivity index (χ2v) is 14.5. The maximum absolute atomic E-state index is 14.2. The van der Waals surface area contributed by atoms with Crippen LogP contribution in [0.3, 0.4) is 0 Å². The van der Waals surface area contributed by atoms with E-state index in [9.17, 15) is 26.4 Å². The van der Waals surface area contributed by atoms with E-state index in [2.05, 4.69) is 24.9 Å². The molecule has 1 fully saturated rings. The Morgan fingerprint density at radius 3 is 2.43 bits per heavy atom. The van der Waals surface area contributed by atoms with Crippen molar-refractivity contribution in [3.63, 3.8) is 0 Å². The fourth-order valence-corrected chi connectivity index (χ4v) is 7.07. The lowest BCUT2D eigenvalue weighted by Crippen LogP contribution is -2.40. The molecule has 0 spiro atoms. The van der Waals surface area contributed by atoms with E-state index in [1.807, 2.05) is 13.8 Å². The van der Waals surface area contributed by atoms with Gasteiger partial charge in [0.1, 0.15) is 28.8 Å². The van der Waals surface area contributed by atoms with Gasteiger partial charge in [-0.25, -0.2) is 31.1 Å². The number of aromatic amines is 1. The summed E-state index contributed by atoms with van der Waals surface area (Å²) in [7, 11) is -3.81. The summed E-state index contributed by atoms with van der Waals surface area (Å²) in [6.45, 7) is 6.99. The van der Waals surface area contributed by atoms with Crippen molar-refractivity contribution in [3.8, 4) is 22.4 Å². The Kier molecular flexibility index (Phi) is 10.2. The van der Waals surface area contributed by atoms with Gasteiger partial charge in [-0.1, -0.05) is 37.3 Å². The molecule has 1 saturated heterocycles. The van der Waals surface area contributed by atoms with Gasteiger partial charge in [0.15, 0.2) is 0 Å². The zero-order valence-electron chi connectivity index (χ0n) is 27.1. The summed E-state index contributed by atoms with van der Waals surface area (Å²) in [6.07, 6.45) is 3.48. The predicted molar refractivity (Wildman–Crippen MR) is 179 cm³/mol. The van der Waals surface area contributed by atoms with Gasteiger partial charge in [-0.05, 0) is 85.8 Å². The third-order valence-electron chi connectivity index (χ3n) is 8.60. The maximum atomic E-state index is 14.2. The molecule has 2 aromatic heterocycles. The van der Waals surface area contributed by atoms with E-state index < -0.39 is 33.4 Å². The first-order valence-electron chi connectivity index (χ1n) is 16.1. The molecular formula is C35H37F3N6O4S. The summed E-state index contributed by atoms with van der Waals surface area (Å²) in [5.74, 6) is -1.97. The molecule has 3 heterocycles. The Morgan fingerprint density at radius 1 is 1.02 bits per heavy atom. The number of piperidine rings is 1. The van der Waals surface area contributed by atoms with E-state index in [1.165, 1.54) is 42.5 Å². The summed E-state index contributed by atoms with van der Waals surface area (Å²) in [5.41, 5.74) is 1.72. The molecular weight excluding hydrogens is 657 g/mol. The molecule has 14 heteroatoms. The van der Waals surface area contributed by atoms with Crippen LogP contribution in [0.25, 0.3) is 33.3 Å². The summed E-state index contributed by atoms with van der Waals surface area (Å²) in [5, 5.41) is 9.15. The number of carbonyl (C=O) groups excluding carboxylic acids is 1. The highest BCUT2D eigenvalue weighted by Gasteiger charge is 2.25. The first-order valence-corrected chi connectivity index (χ1v) is 17.6. The highest BCUT2D eigenvalue weighted by molar-refractivity contribution is 7.89. The topological polar surface area (TPSA) is 122 Å². The lowest BCUT2D eigenvalue weighted by Gasteiger charge is -2.31. The van der Waals surface area contributed by atoms with Crippen LogP contribution in [-0.4, -0.2) is 72.1 Å². The first kappa shape index (κ1) is 34.3. The number of H-pyrrole nitrogens is 1. The minimum absolute atomic E-state index is 0.0104. The van der Waals surface area contributed by atoms with Gasteiger partial charge in [0.2, 0.25) is 10.0 Å². The fourth-order valence-electron chi connectivity index (χ4n) is 6.05. The fraction of sp³-hybridized carbons (Fsp3) is 0.343. The van der Waals surface area contributed by atoms with Crippen LogP contribution >= 0.6 is 0 Å². The average Bonchev–Trinajstić information content (AvgIpc) is 3.68. The molecule has 1 aliphatic heterocycles. The molecule has 49 heavy (non-hydrogen) atoms. The molecule has 0 amide bonds. The van der Waals surface area contributed by atoms with Crippen molar-refractivity contribution in [1.82, 2.24) is 29.6 Å². The van der Waals surface area contributed by atoms with Crippen molar-refractivity contribution in [2.24, 2.45) is 11.8 Å². The summed E-state index contributed by atoms with van der Waals surface area (Å²) >= 11 is 0. The van der Waals surface area contributed by atoms with Crippen molar-refractivity contribution in [2.45, 2.75) is 38.1 Å². The minimum Gasteiger partial charge on any atom is -0.461 e. The zero-order valence-corrected chi connectivity index (χ0v) is 27.9. The molecule has 0 radical (unpaired) electrons. The van der Waals surface area contributed by atoms with Crippen molar-refractivity contribution in [3.05, 3.63) is 90.0 Å². The highest BCUT2D eigenvalue weighted by Crippen LogP contribution is 2.33. The molecule has 258 valence electrons. The number of esters is 1. The number of benzene rings is 3. The van der Waals surface area contributed by atoms with Crippen molar-refractivity contribution in [1.29, 1.82) is 0 Å². The van der Waals surface area contributed by atoms with E-state index in [-0.39, 0.29) is 40.8 Å². The second-order valence-electron chi connectivity index (χ2n) is 12.7. The Balaban J connectivity index is 1.02. The van der Waals surface area contributed by atoms with Crippen molar-refractivity contribution in [2.75, 3.05) is 32.8 Å². The number of hydrogen-bond acceptors (Lipinski definition) is 7. The van der Waals surface area contributed by atoms with Gasteiger partial charge in [-0.15, -0.1) is 5.10 Å². The van der Waals surface area contributed by atoms with Gasteiger partial charge in [0.25, 0.3) is 0 Å². The van der Waals surface area contributed by atoms with Gasteiger partial charge in [-0.3, -0.25) is 4.68 Å². The second kappa shape index (κ2) is 14.5. The van der Waals surface area contributed by atoms with Crippen molar-refractivity contribution < 1.29 is 31.1 Å². The number of nitrogens with zero attached hydrogens (tertiary/aromatic N) is 4. The summed E-state index contributed by atoms with van der Waals surface area (Å²) < 4.78 is 78.0. The third-order valence-corrected chi connectivity index (χ3v) is 10.1. The van der Waals surface area contributed by atoms with Crippen LogP contribution in [0, 0.1) is 29.3 Å². The zero-order chi connectivity index (χ0) is 34.7. The van der Waals surface area contributed by atoms with E-state index in [0.29, 0.717) is 41.2 Å². The number of fused-ring (bicyclic) bond motifs is 1. The van der Waals surface area contributed by atoms with Gasteiger partial charge in [0, 0.05) is 36.1 Å². The normalized spacial score (nSPS) is 14.6. The largest absolute Gasteiger partial charge is 0.461 e. The number of sulfonamides is 1. The van der Waals surface area contributed by atoms with E-state index in [4.69, 9.17) is 4.74 Å². The molecule has 10 nitrogen and oxygen atoms in total. The first-order chi connectivity index (χ1) is 23.5. The number of rotatable bonds is 12. The number of nitrogens with one attached hydrogen (secondary N) is 2. The van der Waals surface area contributed by atoms with Crippen LogP contribution in [0.1, 0.15) is 37.2 Å². The smallest absolute Gasteiger partial charge is 0.355 e. The van der Waals surface area contributed by atoms with Gasteiger partial charge in [-0.2, -0.15) is 0 Å². The summed E-state index contributed by atoms with van der Waals surface area (Å²) in [6, 6.07) is 13.3. The SMILES string of the molecule is CC(C)COC(=O)c1[nH]c2ccc(F)cc2c1-c1cn(CC2CCN(CCNS(=O)(=O)c3ccc(-c4c(F)cccc4F)cc3)CC2)nn1. The number of carbonyl (C=O) groups is 1. The lowest BCUT2D eigenvalue weighted by molar-refractivity contribution is 0.0454. The highest BCUT2D eigenvalue weighted by atomic mass is 32.2. The molecule has 0 atom stereocenters. The molecule has 1 aliphatic rings. The molecule has 0 saturated carbocycles. The molecule has 0 bridgehead atoms. The molecule has 0 unspecified atom stereocenters. The Morgan fingerprint density at radius 2 is 1.73 bits per heavy atom. The molecule has 6 rings (SSSR count). The van der Waals surface area contributed by atoms with E-state index in [0.717, 1.165) is 38.1 Å². The van der Waals surface area contributed by atoms with Crippen LogP contribution in [0.5, 0.6) is 0 Å². The third kappa shape index (κ3) is 7.87. The quantitative estimate of drug-likeness (QED) is 0.153. The Bertz CT molecular complexity index is 2040. The Labute approximate surface area is 282 Å². The summed E-state index contributed by atoms with van der Waals surface area (Å²) in [4.78, 5) is 18.2. The number of aromatic nitrogens is 4. The standard InChI is InChI=1S/C35H37F3N6O4S/c1-22(2)21-48-35(45)34-33(27-18-25(36)8-11-30(27)40-34)31-20-44(42-41-31)19-23-12-15-43(16-13-23)17-14-39-49(46,47)26-9-6-24(7-10-26)32-28(37)4-3-5-29(32)38/h3-11,18,20,22-23,39-40H,12-17,19,21H2,1-2H3. The van der Waals surface area contributed by atoms with Gasteiger partial charge >= 0.3 is 5.97 Å². The van der Waals surface area contributed by atoms with Crippen LogP contribution in [0.15, 0.2) is 71.8 Å². The number of likely N-dealkylation sites (tertiary alicyclic amines) is 1. The number of halogens is 3. The van der Waals surface area contributed by atoms with Crippen LogP contribution in [-0.2, 0) is 21.3 Å². The number of hydrogen-bond donors (Lipinski definition) is 2. The molecule has 3 aromatic carbocycles. The predicted octanol–water partition coefficient (Wildman–Crippen LogP) is 6.01. The van der Waals surface area contributed by atoms with Crippen LogP contribution in [0.2, 0.25) is 0 Å². The molecule has 0 aliphatic carbocycles. The number of ether oxygens (including phenoxy) is 1. The van der Waals surface area contributed by atoms with Crippen LogP contribution < -0.4 is 4.72 Å². The molecule has 5 aromatic rings. The van der Waals surface area contributed by atoms with E-state index >= 15 is 0 Å². The maximum Gasteiger partial charge on any atom is 0.355 e. The monoisotopic (exact) mass is 694 g/mol. The Hall–Kier alpha value is -4.53. The average molecular weight is 695 g/mol.